The summed E-state index contributed by atoms with van der Waals surface area (Å²) in [5.74, 6) is 1.40. The normalized spacial score (nSPS) is 22.7. The summed E-state index contributed by atoms with van der Waals surface area (Å²) in [5.41, 5.74) is 1.83. The fraction of sp³-hybridized carbons (Fsp3) is 0.519. The molecule has 2 aromatic carbocycles. The maximum absolute atomic E-state index is 14.3. The Bertz CT molecular complexity index is 931. The molecule has 2 aliphatic rings. The number of rotatable bonds is 9. The van der Waals surface area contributed by atoms with E-state index in [9.17, 15) is 14.3 Å². The Morgan fingerprint density at radius 1 is 1.06 bits per heavy atom. The standard InChI is InChI=1S/C27H33FO4/c1-17(27(29)30)26(20-10-11-20)21-4-3-5-23(14-21)32-16-18-6-8-19(9-7-18)24-15-22(31-2)12-13-25(24)28/h3-5,12-15,17-20,26H,6-11,16H2,1-2H3,(H,29,30)/t17-,18-,19-,26+/m1/s1. The molecule has 2 fully saturated rings. The Morgan fingerprint density at radius 3 is 2.47 bits per heavy atom. The number of carboxylic acid groups (broad SMARTS) is 1. The van der Waals surface area contributed by atoms with Gasteiger partial charge in [-0.25, -0.2) is 4.39 Å². The van der Waals surface area contributed by atoms with Crippen molar-refractivity contribution in [2.24, 2.45) is 17.8 Å². The molecule has 32 heavy (non-hydrogen) atoms. The van der Waals surface area contributed by atoms with E-state index in [1.54, 1.807) is 13.2 Å². The van der Waals surface area contributed by atoms with Crippen molar-refractivity contribution >= 4 is 5.97 Å². The highest BCUT2D eigenvalue weighted by molar-refractivity contribution is 5.71. The Hall–Kier alpha value is -2.56. The lowest BCUT2D eigenvalue weighted by Crippen LogP contribution is -2.21. The first-order chi connectivity index (χ1) is 15.5. The van der Waals surface area contributed by atoms with E-state index in [1.165, 1.54) is 6.07 Å². The van der Waals surface area contributed by atoms with Gasteiger partial charge in [0.2, 0.25) is 0 Å². The largest absolute Gasteiger partial charge is 0.497 e. The van der Waals surface area contributed by atoms with Crippen LogP contribution in [0.1, 0.15) is 68.4 Å². The summed E-state index contributed by atoms with van der Waals surface area (Å²) in [5, 5.41) is 9.52. The molecule has 0 bridgehead atoms. The van der Waals surface area contributed by atoms with E-state index in [-0.39, 0.29) is 17.7 Å². The lowest BCUT2D eigenvalue weighted by atomic mass is 9.79. The number of methoxy groups -OCH3 is 1. The maximum atomic E-state index is 14.3. The fourth-order valence-corrected chi connectivity index (χ4v) is 5.21. The van der Waals surface area contributed by atoms with Gasteiger partial charge in [0.15, 0.2) is 0 Å². The zero-order valence-electron chi connectivity index (χ0n) is 18.9. The third kappa shape index (κ3) is 5.25. The molecule has 0 aromatic heterocycles. The molecule has 2 aromatic rings. The predicted molar refractivity (Wildman–Crippen MR) is 122 cm³/mol. The maximum Gasteiger partial charge on any atom is 0.306 e. The molecule has 0 amide bonds. The first-order valence-corrected chi connectivity index (χ1v) is 11.7. The van der Waals surface area contributed by atoms with Crippen molar-refractivity contribution < 1.29 is 23.8 Å². The Labute approximate surface area is 189 Å². The molecule has 2 saturated carbocycles. The van der Waals surface area contributed by atoms with Gasteiger partial charge in [0.1, 0.15) is 17.3 Å². The van der Waals surface area contributed by atoms with Crippen LogP contribution < -0.4 is 9.47 Å². The molecule has 0 radical (unpaired) electrons. The smallest absolute Gasteiger partial charge is 0.306 e. The molecule has 0 spiro atoms. The molecule has 4 rings (SSSR count). The van der Waals surface area contributed by atoms with Gasteiger partial charge in [0, 0.05) is 0 Å². The molecule has 0 unspecified atom stereocenters. The fourth-order valence-electron chi connectivity index (χ4n) is 5.21. The van der Waals surface area contributed by atoms with Crippen LogP contribution in [0.25, 0.3) is 0 Å². The quantitative estimate of drug-likeness (QED) is 0.490. The molecule has 172 valence electrons. The number of carbonyl (C=O) groups is 1. The molecule has 5 heteroatoms. The number of hydrogen-bond donors (Lipinski definition) is 1. The van der Waals surface area contributed by atoms with Crippen LogP contribution in [0.15, 0.2) is 42.5 Å². The molecule has 0 aliphatic heterocycles. The molecule has 1 N–H and O–H groups in total. The van der Waals surface area contributed by atoms with Crippen molar-refractivity contribution in [3.05, 3.63) is 59.4 Å². The summed E-state index contributed by atoms with van der Waals surface area (Å²) in [6.07, 6.45) is 6.09. The molecule has 0 heterocycles. The molecule has 2 atom stereocenters. The summed E-state index contributed by atoms with van der Waals surface area (Å²) >= 11 is 0. The lowest BCUT2D eigenvalue weighted by molar-refractivity contribution is -0.142. The number of hydrogen-bond acceptors (Lipinski definition) is 3. The minimum atomic E-state index is -0.738. The molecular weight excluding hydrogens is 407 g/mol. The van der Waals surface area contributed by atoms with Crippen molar-refractivity contribution in [2.75, 3.05) is 13.7 Å². The highest BCUT2D eigenvalue weighted by atomic mass is 19.1. The second kappa shape index (κ2) is 9.93. The third-order valence-corrected chi connectivity index (χ3v) is 7.28. The van der Waals surface area contributed by atoms with E-state index >= 15 is 0 Å². The van der Waals surface area contributed by atoms with Gasteiger partial charge in [0.25, 0.3) is 0 Å². The van der Waals surface area contributed by atoms with Crippen molar-refractivity contribution in [2.45, 2.75) is 57.3 Å². The van der Waals surface area contributed by atoms with Crippen LogP contribution in [0.5, 0.6) is 11.5 Å². The Kier molecular flexibility index (Phi) is 7.02. The van der Waals surface area contributed by atoms with Gasteiger partial charge in [-0.1, -0.05) is 19.1 Å². The van der Waals surface area contributed by atoms with Crippen molar-refractivity contribution in [3.63, 3.8) is 0 Å². The second-order valence-corrected chi connectivity index (χ2v) is 9.48. The third-order valence-electron chi connectivity index (χ3n) is 7.28. The second-order valence-electron chi connectivity index (χ2n) is 9.48. The van der Waals surface area contributed by atoms with Gasteiger partial charge in [-0.15, -0.1) is 0 Å². The molecule has 4 nitrogen and oxygen atoms in total. The van der Waals surface area contributed by atoms with Crippen LogP contribution in [0, 0.1) is 23.6 Å². The molecular formula is C27H33FO4. The van der Waals surface area contributed by atoms with E-state index in [4.69, 9.17) is 9.47 Å². The average Bonchev–Trinajstić information content (AvgIpc) is 3.64. The first kappa shape index (κ1) is 22.6. The number of carboxylic acids is 1. The minimum Gasteiger partial charge on any atom is -0.497 e. The number of aliphatic carboxylic acids is 1. The van der Waals surface area contributed by atoms with Gasteiger partial charge < -0.3 is 14.6 Å². The first-order valence-electron chi connectivity index (χ1n) is 11.7. The van der Waals surface area contributed by atoms with Gasteiger partial charge in [-0.2, -0.15) is 0 Å². The van der Waals surface area contributed by atoms with E-state index in [0.717, 1.165) is 55.4 Å². The van der Waals surface area contributed by atoms with E-state index in [0.29, 0.717) is 24.2 Å². The SMILES string of the molecule is COc1ccc(F)c([C@H]2CC[C@H](COc3cccc([C@H](C4CC4)[C@@H](C)C(=O)O)c3)CC2)c1. The lowest BCUT2D eigenvalue weighted by Gasteiger charge is -2.29. The molecule has 2 aliphatic carbocycles. The van der Waals surface area contributed by atoms with E-state index < -0.39 is 11.9 Å². The predicted octanol–water partition coefficient (Wildman–Crippen LogP) is 6.40. The Balaban J connectivity index is 1.33. The van der Waals surface area contributed by atoms with Crippen molar-refractivity contribution in [1.29, 1.82) is 0 Å². The van der Waals surface area contributed by atoms with Crippen molar-refractivity contribution in [3.8, 4) is 11.5 Å². The van der Waals surface area contributed by atoms with Crippen LogP contribution in [-0.2, 0) is 4.79 Å². The average molecular weight is 441 g/mol. The van der Waals surface area contributed by atoms with Crippen LogP contribution in [0.2, 0.25) is 0 Å². The summed E-state index contributed by atoms with van der Waals surface area (Å²) in [4.78, 5) is 11.6. The number of halogens is 1. The van der Waals surface area contributed by atoms with Gasteiger partial charge in [-0.05, 0) is 104 Å². The van der Waals surface area contributed by atoms with Crippen LogP contribution in [-0.4, -0.2) is 24.8 Å². The number of benzene rings is 2. The monoisotopic (exact) mass is 440 g/mol. The van der Waals surface area contributed by atoms with Crippen LogP contribution in [0.4, 0.5) is 4.39 Å². The van der Waals surface area contributed by atoms with E-state index in [2.05, 4.69) is 0 Å². The van der Waals surface area contributed by atoms with Gasteiger partial charge in [-0.3, -0.25) is 4.79 Å². The van der Waals surface area contributed by atoms with Gasteiger partial charge in [0.05, 0.1) is 19.6 Å². The van der Waals surface area contributed by atoms with Gasteiger partial charge >= 0.3 is 5.97 Å². The molecule has 0 saturated heterocycles. The zero-order chi connectivity index (χ0) is 22.7. The summed E-state index contributed by atoms with van der Waals surface area (Å²) in [7, 11) is 1.61. The van der Waals surface area contributed by atoms with Crippen molar-refractivity contribution in [1.82, 2.24) is 0 Å². The summed E-state index contributed by atoms with van der Waals surface area (Å²) < 4.78 is 25.7. The topological polar surface area (TPSA) is 55.8 Å². The van der Waals surface area contributed by atoms with Crippen LogP contribution >= 0.6 is 0 Å². The highest BCUT2D eigenvalue weighted by Gasteiger charge is 2.38. The summed E-state index contributed by atoms with van der Waals surface area (Å²) in [6.45, 7) is 2.45. The Morgan fingerprint density at radius 2 is 1.81 bits per heavy atom. The zero-order valence-corrected chi connectivity index (χ0v) is 18.9. The highest BCUT2D eigenvalue weighted by Crippen LogP contribution is 2.47. The summed E-state index contributed by atoms with van der Waals surface area (Å²) in [6, 6.07) is 13.0. The number of ether oxygens (including phenoxy) is 2. The minimum absolute atomic E-state index is 0.0456. The van der Waals surface area contributed by atoms with E-state index in [1.807, 2.05) is 37.3 Å². The van der Waals surface area contributed by atoms with Crippen LogP contribution in [0.3, 0.4) is 0 Å².